The van der Waals surface area contributed by atoms with Crippen LogP contribution in [-0.4, -0.2) is 38.3 Å². The van der Waals surface area contributed by atoms with Crippen molar-refractivity contribution in [1.29, 1.82) is 0 Å². The number of carbonyl (C=O) groups excluding carboxylic acids is 1. The highest BCUT2D eigenvalue weighted by Gasteiger charge is 2.50. The second-order valence-electron chi connectivity index (χ2n) is 5.52. The fraction of sp³-hybridized carbons (Fsp3) is 0.533. The van der Waals surface area contributed by atoms with Crippen molar-refractivity contribution in [3.8, 4) is 5.75 Å². The fourth-order valence-corrected chi connectivity index (χ4v) is 2.41. The van der Waals surface area contributed by atoms with Gasteiger partial charge in [0, 0.05) is 32.0 Å². The van der Waals surface area contributed by atoms with Gasteiger partial charge in [0.1, 0.15) is 0 Å². The highest BCUT2D eigenvalue weighted by molar-refractivity contribution is 6.01. The summed E-state index contributed by atoms with van der Waals surface area (Å²) in [6.45, 7) is 0.553. The molecule has 120 valence electrons. The molecule has 0 radical (unpaired) electrons. The number of benzene rings is 1. The summed E-state index contributed by atoms with van der Waals surface area (Å²) in [5.41, 5.74) is 1.18. The molecule has 2 aliphatic rings. The van der Waals surface area contributed by atoms with Crippen LogP contribution >= 0.6 is 0 Å². The van der Waals surface area contributed by atoms with E-state index in [-0.39, 0.29) is 12.3 Å². The number of rotatable bonds is 6. The number of ether oxygens (including phenoxy) is 2. The average Bonchev–Trinajstić information content (AvgIpc) is 3.28. The van der Waals surface area contributed by atoms with Crippen LogP contribution in [0.3, 0.4) is 0 Å². The summed E-state index contributed by atoms with van der Waals surface area (Å²) in [6.07, 6.45) is -1.16. The first-order valence-corrected chi connectivity index (χ1v) is 7.29. The van der Waals surface area contributed by atoms with Crippen LogP contribution in [0.5, 0.6) is 5.75 Å². The van der Waals surface area contributed by atoms with Crippen LogP contribution in [0.2, 0.25) is 0 Å². The number of nitrogens with zero attached hydrogens (tertiary/aromatic N) is 1. The van der Waals surface area contributed by atoms with Crippen molar-refractivity contribution in [3.63, 3.8) is 0 Å². The van der Waals surface area contributed by atoms with Crippen molar-refractivity contribution in [2.24, 2.45) is 0 Å². The summed E-state index contributed by atoms with van der Waals surface area (Å²) in [5, 5.41) is 3.28. The monoisotopic (exact) mass is 312 g/mol. The number of hydrogen-bond acceptors (Lipinski definition) is 4. The van der Waals surface area contributed by atoms with Crippen LogP contribution in [0.4, 0.5) is 20.2 Å². The zero-order valence-electron chi connectivity index (χ0n) is 12.3. The lowest BCUT2D eigenvalue weighted by Gasteiger charge is -2.33. The first kappa shape index (κ1) is 15.0. The molecule has 1 aliphatic heterocycles. The quantitative estimate of drug-likeness (QED) is 0.821. The summed E-state index contributed by atoms with van der Waals surface area (Å²) >= 11 is 0. The second-order valence-corrected chi connectivity index (χ2v) is 5.52. The maximum Gasteiger partial charge on any atom is 0.482 e. The normalized spacial score (nSPS) is 19.6. The number of fused-ring (bicyclic) bond motifs is 1. The number of hydrogen-bond donors (Lipinski definition) is 1. The van der Waals surface area contributed by atoms with E-state index in [2.05, 4.69) is 10.1 Å². The van der Waals surface area contributed by atoms with Crippen molar-refractivity contribution >= 4 is 17.3 Å². The molecule has 0 atom stereocenters. The second kappa shape index (κ2) is 5.72. The summed E-state index contributed by atoms with van der Waals surface area (Å²) in [5.74, 6) is -1.32. The third-order valence-electron chi connectivity index (χ3n) is 3.66. The molecule has 0 unspecified atom stereocenters. The Morgan fingerprint density at radius 3 is 2.91 bits per heavy atom. The van der Waals surface area contributed by atoms with E-state index in [0.717, 1.165) is 23.4 Å². The van der Waals surface area contributed by atoms with E-state index in [1.807, 2.05) is 0 Å². The van der Waals surface area contributed by atoms with Crippen molar-refractivity contribution in [2.75, 3.05) is 30.5 Å². The minimum Gasteiger partial charge on any atom is -0.423 e. The van der Waals surface area contributed by atoms with Gasteiger partial charge in [-0.1, -0.05) is 0 Å². The standard InChI is InChI=1S/C15H18F2N2O3/c1-21-8-2-7-19-12-9-11(18-10-3-4-10)5-6-13(12)22-15(16,17)14(19)20/h5-6,9-10,18H,2-4,7-8H2,1H3. The third kappa shape index (κ3) is 2.99. The van der Waals surface area contributed by atoms with E-state index >= 15 is 0 Å². The molecule has 1 fully saturated rings. The molecular formula is C15H18F2N2O3. The van der Waals surface area contributed by atoms with Gasteiger partial charge in [0.25, 0.3) is 0 Å². The first-order valence-electron chi connectivity index (χ1n) is 7.29. The molecule has 1 saturated carbocycles. The maximum atomic E-state index is 13.7. The number of amides is 1. The van der Waals surface area contributed by atoms with Gasteiger partial charge in [-0.15, -0.1) is 0 Å². The van der Waals surface area contributed by atoms with E-state index in [4.69, 9.17) is 4.74 Å². The minimum absolute atomic E-state index is 0.0170. The van der Waals surface area contributed by atoms with Crippen LogP contribution in [0.1, 0.15) is 19.3 Å². The average molecular weight is 312 g/mol. The highest BCUT2D eigenvalue weighted by atomic mass is 19.3. The molecular weight excluding hydrogens is 294 g/mol. The Bertz CT molecular complexity index is 576. The van der Waals surface area contributed by atoms with Gasteiger partial charge in [-0.2, -0.15) is 8.78 Å². The number of carbonyl (C=O) groups is 1. The van der Waals surface area contributed by atoms with Crippen LogP contribution in [0.25, 0.3) is 0 Å². The summed E-state index contributed by atoms with van der Waals surface area (Å²) < 4.78 is 36.9. The smallest absolute Gasteiger partial charge is 0.423 e. The molecule has 1 aromatic rings. The van der Waals surface area contributed by atoms with Gasteiger partial charge in [-0.3, -0.25) is 4.79 Å². The number of methoxy groups -OCH3 is 1. The molecule has 22 heavy (non-hydrogen) atoms. The number of nitrogens with one attached hydrogen (secondary N) is 1. The lowest BCUT2D eigenvalue weighted by atomic mass is 10.2. The molecule has 0 saturated heterocycles. The van der Waals surface area contributed by atoms with E-state index < -0.39 is 12.0 Å². The van der Waals surface area contributed by atoms with Crippen LogP contribution < -0.4 is 15.0 Å². The molecule has 7 heteroatoms. The molecule has 1 aliphatic carbocycles. The van der Waals surface area contributed by atoms with Gasteiger partial charge < -0.3 is 19.7 Å². The van der Waals surface area contributed by atoms with Gasteiger partial charge in [0.05, 0.1) is 5.69 Å². The predicted octanol–water partition coefficient (Wildman–Crippen LogP) is 2.62. The number of halogens is 2. The number of anilines is 2. The number of alkyl halides is 2. The molecule has 1 heterocycles. The molecule has 1 aromatic carbocycles. The zero-order valence-corrected chi connectivity index (χ0v) is 12.3. The minimum atomic E-state index is -3.83. The Morgan fingerprint density at radius 1 is 1.45 bits per heavy atom. The van der Waals surface area contributed by atoms with E-state index in [1.165, 1.54) is 13.2 Å². The molecule has 0 spiro atoms. The van der Waals surface area contributed by atoms with Gasteiger partial charge >= 0.3 is 12.0 Å². The Balaban J connectivity index is 1.87. The molecule has 1 amide bonds. The fourth-order valence-electron chi connectivity index (χ4n) is 2.41. The Labute approximate surface area is 127 Å². The zero-order chi connectivity index (χ0) is 15.7. The first-order chi connectivity index (χ1) is 10.5. The topological polar surface area (TPSA) is 50.8 Å². The van der Waals surface area contributed by atoms with Gasteiger partial charge in [-0.25, -0.2) is 0 Å². The SMILES string of the molecule is COCCCN1C(=O)C(F)(F)Oc2ccc(NC3CC3)cc21. The Hall–Kier alpha value is -1.89. The van der Waals surface area contributed by atoms with E-state index in [1.54, 1.807) is 12.1 Å². The van der Waals surface area contributed by atoms with Crippen LogP contribution in [0, 0.1) is 0 Å². The van der Waals surface area contributed by atoms with Crippen molar-refractivity contribution in [1.82, 2.24) is 0 Å². The molecule has 3 rings (SSSR count). The lowest BCUT2D eigenvalue weighted by Crippen LogP contribution is -2.51. The van der Waals surface area contributed by atoms with Gasteiger partial charge in [-0.05, 0) is 37.5 Å². The predicted molar refractivity (Wildman–Crippen MR) is 77.5 cm³/mol. The van der Waals surface area contributed by atoms with Crippen LogP contribution in [-0.2, 0) is 9.53 Å². The Kier molecular flexibility index (Phi) is 3.90. The maximum absolute atomic E-state index is 13.7. The summed E-state index contributed by atoms with van der Waals surface area (Å²) in [4.78, 5) is 13.0. The molecule has 0 bridgehead atoms. The van der Waals surface area contributed by atoms with Gasteiger partial charge in [0.15, 0.2) is 5.75 Å². The lowest BCUT2D eigenvalue weighted by molar-refractivity contribution is -0.192. The largest absolute Gasteiger partial charge is 0.482 e. The molecule has 1 N–H and O–H groups in total. The van der Waals surface area contributed by atoms with Crippen LogP contribution in [0.15, 0.2) is 18.2 Å². The highest BCUT2D eigenvalue weighted by Crippen LogP contribution is 2.41. The van der Waals surface area contributed by atoms with Crippen molar-refractivity contribution in [3.05, 3.63) is 18.2 Å². The van der Waals surface area contributed by atoms with Crippen molar-refractivity contribution in [2.45, 2.75) is 31.4 Å². The summed E-state index contributed by atoms with van der Waals surface area (Å²) in [7, 11) is 1.53. The van der Waals surface area contributed by atoms with E-state index in [0.29, 0.717) is 24.8 Å². The Morgan fingerprint density at radius 2 is 2.23 bits per heavy atom. The van der Waals surface area contributed by atoms with E-state index in [9.17, 15) is 13.6 Å². The molecule has 0 aromatic heterocycles. The van der Waals surface area contributed by atoms with Gasteiger partial charge in [0.2, 0.25) is 0 Å². The summed E-state index contributed by atoms with van der Waals surface area (Å²) in [6, 6.07) is 5.29. The third-order valence-corrected chi connectivity index (χ3v) is 3.66. The van der Waals surface area contributed by atoms with Crippen molar-refractivity contribution < 1.29 is 23.0 Å². The molecule has 5 nitrogen and oxygen atoms in total.